The van der Waals surface area contributed by atoms with Gasteiger partial charge in [0.05, 0.1) is 12.0 Å². The Labute approximate surface area is 192 Å². The van der Waals surface area contributed by atoms with Gasteiger partial charge in [0.1, 0.15) is 11.9 Å². The second kappa shape index (κ2) is 8.88. The van der Waals surface area contributed by atoms with Crippen LogP contribution in [0.2, 0.25) is 0 Å². The van der Waals surface area contributed by atoms with E-state index in [-0.39, 0.29) is 29.2 Å². The van der Waals surface area contributed by atoms with Crippen molar-refractivity contribution in [2.45, 2.75) is 12.8 Å². The maximum atomic E-state index is 13.1. The van der Waals surface area contributed by atoms with Crippen LogP contribution >= 0.6 is 11.3 Å². The van der Waals surface area contributed by atoms with E-state index in [0.717, 1.165) is 5.56 Å². The fraction of sp³-hybridized carbons (Fsp3) is 0.217. The number of anilines is 2. The van der Waals surface area contributed by atoms with Crippen LogP contribution in [0.15, 0.2) is 56.9 Å². The minimum absolute atomic E-state index is 0.0935. The Morgan fingerprint density at radius 3 is 2.70 bits per heavy atom. The molecular formula is C23H18FN5O3S. The van der Waals surface area contributed by atoms with Gasteiger partial charge in [-0.15, -0.1) is 11.3 Å². The number of carbonyl (C=O) groups is 1. The first-order valence-corrected chi connectivity index (χ1v) is 11.2. The van der Waals surface area contributed by atoms with Gasteiger partial charge in [-0.25, -0.2) is 9.37 Å². The summed E-state index contributed by atoms with van der Waals surface area (Å²) in [4.78, 5) is 23.4. The van der Waals surface area contributed by atoms with Crippen LogP contribution in [0.1, 0.15) is 18.5 Å². The Hall–Kier alpha value is -3.97. The number of rotatable bonds is 5. The Morgan fingerprint density at radius 2 is 2.00 bits per heavy atom. The number of nitriles is 1. The van der Waals surface area contributed by atoms with Gasteiger partial charge in [-0.3, -0.25) is 4.79 Å². The van der Waals surface area contributed by atoms with E-state index >= 15 is 0 Å². The minimum atomic E-state index is -0.307. The molecule has 0 radical (unpaired) electrons. The molecule has 0 saturated carbocycles. The first-order valence-electron chi connectivity index (χ1n) is 10.3. The highest BCUT2D eigenvalue weighted by Gasteiger charge is 2.29. The Bertz CT molecular complexity index is 1300. The van der Waals surface area contributed by atoms with Gasteiger partial charge in [-0.05, 0) is 49.2 Å². The Morgan fingerprint density at radius 1 is 1.21 bits per heavy atom. The SMILES string of the molecule is N#Cc1nc(-c2ccco2)oc1N1CCC(C(=O)Nc2nc(-c3ccc(F)cc3)cs2)CC1. The summed E-state index contributed by atoms with van der Waals surface area (Å²) in [5.41, 5.74) is 1.67. The van der Waals surface area contributed by atoms with Gasteiger partial charge < -0.3 is 19.1 Å². The molecule has 1 saturated heterocycles. The van der Waals surface area contributed by atoms with Crippen LogP contribution in [0.3, 0.4) is 0 Å². The molecule has 1 aromatic carbocycles. The zero-order valence-electron chi connectivity index (χ0n) is 17.3. The van der Waals surface area contributed by atoms with Gasteiger partial charge in [0.25, 0.3) is 5.89 Å². The third kappa shape index (κ3) is 4.36. The van der Waals surface area contributed by atoms with Crippen molar-refractivity contribution in [2.75, 3.05) is 23.3 Å². The van der Waals surface area contributed by atoms with E-state index in [1.807, 2.05) is 10.3 Å². The molecule has 3 aromatic heterocycles. The second-order valence-electron chi connectivity index (χ2n) is 7.56. The summed E-state index contributed by atoms with van der Waals surface area (Å²) in [6, 6.07) is 11.6. The summed E-state index contributed by atoms with van der Waals surface area (Å²) in [6.45, 7) is 1.11. The van der Waals surface area contributed by atoms with Crippen molar-refractivity contribution < 1.29 is 18.0 Å². The van der Waals surface area contributed by atoms with E-state index < -0.39 is 0 Å². The van der Waals surface area contributed by atoms with Crippen molar-refractivity contribution >= 4 is 28.3 Å². The lowest BCUT2D eigenvalue weighted by molar-refractivity contribution is -0.120. The molecule has 1 fully saturated rings. The number of piperidine rings is 1. The number of furan rings is 1. The monoisotopic (exact) mass is 463 g/mol. The summed E-state index contributed by atoms with van der Waals surface area (Å²) in [6.07, 6.45) is 2.72. The zero-order chi connectivity index (χ0) is 22.8. The smallest absolute Gasteiger partial charge is 0.266 e. The van der Waals surface area contributed by atoms with Crippen LogP contribution in [0.25, 0.3) is 22.9 Å². The topological polar surface area (TPSA) is 108 Å². The average molecular weight is 463 g/mol. The molecule has 4 heterocycles. The van der Waals surface area contributed by atoms with Crippen LogP contribution in [0.5, 0.6) is 0 Å². The number of amides is 1. The van der Waals surface area contributed by atoms with E-state index in [4.69, 9.17) is 8.83 Å². The Balaban J connectivity index is 1.21. The number of nitrogens with one attached hydrogen (secondary N) is 1. The number of hydrogen-bond donors (Lipinski definition) is 1. The van der Waals surface area contributed by atoms with Crippen molar-refractivity contribution in [1.82, 2.24) is 9.97 Å². The number of nitrogens with zero attached hydrogens (tertiary/aromatic N) is 4. The fourth-order valence-corrected chi connectivity index (χ4v) is 4.46. The highest BCUT2D eigenvalue weighted by atomic mass is 32.1. The van der Waals surface area contributed by atoms with E-state index in [1.54, 1.807) is 24.3 Å². The molecule has 0 bridgehead atoms. The number of carbonyl (C=O) groups excluding carboxylic acids is 1. The molecule has 5 rings (SSSR count). The molecule has 33 heavy (non-hydrogen) atoms. The normalized spacial score (nSPS) is 14.2. The summed E-state index contributed by atoms with van der Waals surface area (Å²) >= 11 is 1.33. The minimum Gasteiger partial charge on any atom is -0.459 e. The number of oxazole rings is 1. The van der Waals surface area contributed by atoms with Crippen LogP contribution < -0.4 is 10.2 Å². The number of benzene rings is 1. The summed E-state index contributed by atoms with van der Waals surface area (Å²) in [7, 11) is 0. The van der Waals surface area contributed by atoms with Gasteiger partial charge in [-0.2, -0.15) is 10.2 Å². The maximum absolute atomic E-state index is 13.1. The van der Waals surface area contributed by atoms with Crippen LogP contribution in [-0.2, 0) is 4.79 Å². The van der Waals surface area contributed by atoms with E-state index in [1.165, 1.54) is 29.7 Å². The molecule has 1 N–H and O–H groups in total. The van der Waals surface area contributed by atoms with E-state index in [0.29, 0.717) is 48.4 Å². The first kappa shape index (κ1) is 20.9. The summed E-state index contributed by atoms with van der Waals surface area (Å²) < 4.78 is 24.2. The van der Waals surface area contributed by atoms with Gasteiger partial charge in [0.2, 0.25) is 17.5 Å². The molecule has 10 heteroatoms. The lowest BCUT2D eigenvalue weighted by Gasteiger charge is -2.30. The van der Waals surface area contributed by atoms with E-state index in [9.17, 15) is 14.4 Å². The lowest BCUT2D eigenvalue weighted by Crippen LogP contribution is -2.38. The largest absolute Gasteiger partial charge is 0.459 e. The predicted molar refractivity (Wildman–Crippen MR) is 120 cm³/mol. The molecule has 1 aliphatic heterocycles. The van der Waals surface area contributed by atoms with Gasteiger partial charge >= 0.3 is 0 Å². The van der Waals surface area contributed by atoms with Crippen molar-refractivity contribution in [3.8, 4) is 29.0 Å². The molecule has 166 valence electrons. The standard InChI is InChI=1S/C23H18FN5O3S/c24-16-5-3-14(4-6-16)18-13-33-23(27-18)28-20(30)15-7-9-29(10-8-15)22-17(12-25)26-21(32-22)19-2-1-11-31-19/h1-6,11,13,15H,7-10H2,(H,27,28,30). The van der Waals surface area contributed by atoms with Crippen molar-refractivity contribution in [3.63, 3.8) is 0 Å². The van der Waals surface area contributed by atoms with Crippen molar-refractivity contribution in [1.29, 1.82) is 5.26 Å². The van der Waals surface area contributed by atoms with Gasteiger partial charge in [0, 0.05) is 30.0 Å². The molecular weight excluding hydrogens is 445 g/mol. The van der Waals surface area contributed by atoms with Crippen LogP contribution in [0, 0.1) is 23.1 Å². The van der Waals surface area contributed by atoms with Crippen molar-refractivity contribution in [3.05, 3.63) is 59.6 Å². The number of thiazole rings is 1. The number of halogens is 1. The third-order valence-corrected chi connectivity index (χ3v) is 6.23. The summed E-state index contributed by atoms with van der Waals surface area (Å²) in [5, 5.41) is 14.7. The average Bonchev–Trinajstić information content (AvgIpc) is 3.60. The molecule has 8 nitrogen and oxygen atoms in total. The Kier molecular flexibility index (Phi) is 5.62. The third-order valence-electron chi connectivity index (χ3n) is 5.47. The molecule has 0 atom stereocenters. The highest BCUT2D eigenvalue weighted by molar-refractivity contribution is 7.14. The first-order chi connectivity index (χ1) is 16.1. The number of hydrogen-bond acceptors (Lipinski definition) is 8. The molecule has 0 spiro atoms. The lowest BCUT2D eigenvalue weighted by atomic mass is 9.96. The van der Waals surface area contributed by atoms with E-state index in [2.05, 4.69) is 21.4 Å². The van der Waals surface area contributed by atoms with Gasteiger partial charge in [0.15, 0.2) is 10.9 Å². The molecule has 1 amide bonds. The van der Waals surface area contributed by atoms with Crippen LogP contribution in [0.4, 0.5) is 15.4 Å². The summed E-state index contributed by atoms with van der Waals surface area (Å²) in [5.74, 6) is 0.522. The number of aromatic nitrogens is 2. The highest BCUT2D eigenvalue weighted by Crippen LogP contribution is 2.32. The molecule has 0 unspecified atom stereocenters. The maximum Gasteiger partial charge on any atom is 0.266 e. The molecule has 4 aromatic rings. The second-order valence-corrected chi connectivity index (χ2v) is 8.42. The molecule has 0 aliphatic carbocycles. The molecule has 1 aliphatic rings. The quantitative estimate of drug-likeness (QED) is 0.447. The fourth-order valence-electron chi connectivity index (χ4n) is 3.74. The zero-order valence-corrected chi connectivity index (χ0v) is 18.1. The van der Waals surface area contributed by atoms with Crippen LogP contribution in [-0.4, -0.2) is 29.0 Å². The van der Waals surface area contributed by atoms with Gasteiger partial charge in [-0.1, -0.05) is 0 Å². The van der Waals surface area contributed by atoms with Crippen molar-refractivity contribution in [2.24, 2.45) is 5.92 Å². The predicted octanol–water partition coefficient (Wildman–Crippen LogP) is 4.92.